The Morgan fingerprint density at radius 2 is 2.35 bits per heavy atom. The molecule has 1 saturated heterocycles. The highest BCUT2D eigenvalue weighted by atomic mass is 16.5. The zero-order valence-electron chi connectivity index (χ0n) is 11.3. The molecule has 1 aliphatic rings. The van der Waals surface area contributed by atoms with Gasteiger partial charge in [0.15, 0.2) is 0 Å². The second-order valence-electron chi connectivity index (χ2n) is 4.52. The predicted octanol–water partition coefficient (Wildman–Crippen LogP) is 0.315. The van der Waals surface area contributed by atoms with Gasteiger partial charge in [0.05, 0.1) is 26.0 Å². The van der Waals surface area contributed by atoms with Crippen molar-refractivity contribution in [3.63, 3.8) is 0 Å². The summed E-state index contributed by atoms with van der Waals surface area (Å²) in [6.45, 7) is 4.04. The first-order valence-electron chi connectivity index (χ1n) is 6.52. The Balaban J connectivity index is 2.10. The third-order valence-electron chi connectivity index (χ3n) is 3.22. The Bertz CT molecular complexity index is 485. The molecule has 110 valence electrons. The number of nitrogens with zero attached hydrogens (tertiary/aromatic N) is 1. The van der Waals surface area contributed by atoms with E-state index in [1.54, 1.807) is 0 Å². The van der Waals surface area contributed by atoms with Crippen LogP contribution in [0.2, 0.25) is 0 Å². The van der Waals surface area contributed by atoms with E-state index in [4.69, 9.17) is 14.3 Å². The van der Waals surface area contributed by atoms with E-state index >= 15 is 0 Å². The van der Waals surface area contributed by atoms with Crippen LogP contribution in [0.4, 0.5) is 0 Å². The number of hydrogen-bond donors (Lipinski definition) is 2. The van der Waals surface area contributed by atoms with E-state index < -0.39 is 12.0 Å². The number of carbonyl (C=O) groups excluding carboxylic acids is 1. The summed E-state index contributed by atoms with van der Waals surface area (Å²) in [4.78, 5) is 24.9. The quantitative estimate of drug-likeness (QED) is 0.808. The first kappa shape index (κ1) is 14.5. The molecule has 2 N–H and O–H groups in total. The van der Waals surface area contributed by atoms with E-state index in [0.29, 0.717) is 32.1 Å². The van der Waals surface area contributed by atoms with Crippen molar-refractivity contribution in [3.8, 4) is 0 Å². The number of furan rings is 1. The summed E-state index contributed by atoms with van der Waals surface area (Å²) in [5, 5.41) is 11.8. The van der Waals surface area contributed by atoms with E-state index in [1.807, 2.05) is 11.8 Å². The molecule has 2 heterocycles. The molecule has 0 aliphatic carbocycles. The van der Waals surface area contributed by atoms with E-state index in [2.05, 4.69) is 5.32 Å². The standard InChI is InChI=1S/C13H18N2O5/c1-2-14-12(16)10-8-19-6-4-15(10)7-11-9(13(17)18)3-5-20-11/h3,5,10H,2,4,6-8H2,1H3,(H,14,16)(H,17,18). The van der Waals surface area contributed by atoms with Gasteiger partial charge in [0.25, 0.3) is 0 Å². The van der Waals surface area contributed by atoms with Crippen molar-refractivity contribution in [3.05, 3.63) is 23.7 Å². The topological polar surface area (TPSA) is 92.0 Å². The van der Waals surface area contributed by atoms with Crippen LogP contribution in [0.5, 0.6) is 0 Å². The van der Waals surface area contributed by atoms with E-state index in [1.165, 1.54) is 12.3 Å². The molecule has 0 radical (unpaired) electrons. The summed E-state index contributed by atoms with van der Waals surface area (Å²) in [6.07, 6.45) is 1.35. The summed E-state index contributed by atoms with van der Waals surface area (Å²) in [6, 6.07) is 0.995. The Morgan fingerprint density at radius 1 is 1.55 bits per heavy atom. The third-order valence-corrected chi connectivity index (χ3v) is 3.22. The molecule has 0 aromatic carbocycles. The number of likely N-dealkylation sites (N-methyl/N-ethyl adjacent to an activating group) is 1. The Labute approximate surface area is 116 Å². The third kappa shape index (κ3) is 3.17. The van der Waals surface area contributed by atoms with Gasteiger partial charge in [-0.15, -0.1) is 0 Å². The number of carboxylic acids is 1. The van der Waals surface area contributed by atoms with Crippen molar-refractivity contribution in [2.24, 2.45) is 0 Å². The number of morpholine rings is 1. The lowest BCUT2D eigenvalue weighted by atomic mass is 10.1. The predicted molar refractivity (Wildman–Crippen MR) is 69.4 cm³/mol. The van der Waals surface area contributed by atoms with E-state index in [-0.39, 0.29) is 18.0 Å². The average Bonchev–Trinajstić information content (AvgIpc) is 2.88. The van der Waals surface area contributed by atoms with Crippen LogP contribution < -0.4 is 5.32 Å². The van der Waals surface area contributed by atoms with Gasteiger partial charge in [-0.1, -0.05) is 0 Å². The molecule has 0 spiro atoms. The molecule has 1 aliphatic heterocycles. The van der Waals surface area contributed by atoms with Gasteiger partial charge in [-0.25, -0.2) is 4.79 Å². The van der Waals surface area contributed by atoms with Crippen molar-refractivity contribution in [2.75, 3.05) is 26.3 Å². The Kier molecular flexibility index (Phi) is 4.75. The van der Waals surface area contributed by atoms with Crippen molar-refractivity contribution >= 4 is 11.9 Å². The summed E-state index contributed by atoms with van der Waals surface area (Å²) >= 11 is 0. The molecule has 1 aromatic rings. The summed E-state index contributed by atoms with van der Waals surface area (Å²) in [5.74, 6) is -0.791. The second-order valence-corrected chi connectivity index (χ2v) is 4.52. The molecular formula is C13H18N2O5. The fourth-order valence-corrected chi connectivity index (χ4v) is 2.20. The SMILES string of the molecule is CCNC(=O)C1COCCN1Cc1occc1C(=O)O. The highest BCUT2D eigenvalue weighted by molar-refractivity contribution is 5.88. The normalized spacial score (nSPS) is 19.8. The fraction of sp³-hybridized carbons (Fsp3) is 0.538. The van der Waals surface area contributed by atoms with Gasteiger partial charge < -0.3 is 19.6 Å². The molecule has 7 nitrogen and oxygen atoms in total. The minimum Gasteiger partial charge on any atom is -0.478 e. The Morgan fingerprint density at radius 3 is 3.05 bits per heavy atom. The highest BCUT2D eigenvalue weighted by Crippen LogP contribution is 2.17. The fourth-order valence-electron chi connectivity index (χ4n) is 2.20. The van der Waals surface area contributed by atoms with Crippen LogP contribution in [0, 0.1) is 0 Å². The lowest BCUT2D eigenvalue weighted by Crippen LogP contribution is -2.53. The molecular weight excluding hydrogens is 264 g/mol. The van der Waals surface area contributed by atoms with Gasteiger partial charge in [0.2, 0.25) is 5.91 Å². The van der Waals surface area contributed by atoms with Crippen LogP contribution in [0.25, 0.3) is 0 Å². The van der Waals surface area contributed by atoms with Crippen LogP contribution >= 0.6 is 0 Å². The zero-order chi connectivity index (χ0) is 14.5. The van der Waals surface area contributed by atoms with Crippen molar-refractivity contribution in [1.82, 2.24) is 10.2 Å². The smallest absolute Gasteiger partial charge is 0.339 e. The maximum atomic E-state index is 12.0. The van der Waals surface area contributed by atoms with Gasteiger partial charge in [-0.05, 0) is 13.0 Å². The lowest BCUT2D eigenvalue weighted by molar-refractivity contribution is -0.133. The number of carboxylic acid groups (broad SMARTS) is 1. The maximum absolute atomic E-state index is 12.0. The average molecular weight is 282 g/mol. The molecule has 1 fully saturated rings. The van der Waals surface area contributed by atoms with Crippen LogP contribution in [-0.4, -0.2) is 54.2 Å². The number of aromatic carboxylic acids is 1. The molecule has 20 heavy (non-hydrogen) atoms. The van der Waals surface area contributed by atoms with Crippen LogP contribution in [0.15, 0.2) is 16.7 Å². The first-order valence-corrected chi connectivity index (χ1v) is 6.52. The number of ether oxygens (including phenoxy) is 1. The molecule has 0 bridgehead atoms. The summed E-state index contributed by atoms with van der Waals surface area (Å²) in [7, 11) is 0. The summed E-state index contributed by atoms with van der Waals surface area (Å²) in [5.41, 5.74) is 0.131. The minimum absolute atomic E-state index is 0.115. The zero-order valence-corrected chi connectivity index (χ0v) is 11.3. The molecule has 1 aromatic heterocycles. The molecule has 1 unspecified atom stereocenters. The maximum Gasteiger partial charge on any atom is 0.339 e. The number of carbonyl (C=O) groups is 2. The summed E-state index contributed by atoms with van der Waals surface area (Å²) < 4.78 is 10.5. The van der Waals surface area contributed by atoms with E-state index in [9.17, 15) is 9.59 Å². The van der Waals surface area contributed by atoms with Crippen LogP contribution in [0.3, 0.4) is 0 Å². The van der Waals surface area contributed by atoms with Gasteiger partial charge >= 0.3 is 5.97 Å². The molecule has 1 atom stereocenters. The second kappa shape index (κ2) is 6.53. The van der Waals surface area contributed by atoms with Crippen molar-refractivity contribution in [1.29, 1.82) is 0 Å². The lowest BCUT2D eigenvalue weighted by Gasteiger charge is -2.33. The van der Waals surface area contributed by atoms with Gasteiger partial charge in [0, 0.05) is 13.1 Å². The first-order chi connectivity index (χ1) is 9.63. The van der Waals surface area contributed by atoms with Crippen molar-refractivity contribution in [2.45, 2.75) is 19.5 Å². The van der Waals surface area contributed by atoms with Crippen LogP contribution in [-0.2, 0) is 16.1 Å². The largest absolute Gasteiger partial charge is 0.478 e. The highest BCUT2D eigenvalue weighted by Gasteiger charge is 2.30. The minimum atomic E-state index is -1.03. The number of amides is 1. The Hall–Kier alpha value is -1.86. The molecule has 7 heteroatoms. The van der Waals surface area contributed by atoms with E-state index in [0.717, 1.165) is 0 Å². The number of rotatable bonds is 5. The van der Waals surface area contributed by atoms with Crippen molar-refractivity contribution < 1.29 is 23.8 Å². The van der Waals surface area contributed by atoms with Gasteiger partial charge in [0.1, 0.15) is 17.4 Å². The molecule has 1 amide bonds. The van der Waals surface area contributed by atoms with Gasteiger partial charge in [-0.3, -0.25) is 9.69 Å². The monoisotopic (exact) mass is 282 g/mol. The van der Waals surface area contributed by atoms with Gasteiger partial charge in [-0.2, -0.15) is 0 Å². The molecule has 2 rings (SSSR count). The number of nitrogens with one attached hydrogen (secondary N) is 1. The number of hydrogen-bond acceptors (Lipinski definition) is 5. The van der Waals surface area contributed by atoms with Crippen LogP contribution in [0.1, 0.15) is 23.0 Å². The molecule has 0 saturated carbocycles.